The lowest BCUT2D eigenvalue weighted by molar-refractivity contribution is -0.367. The minimum Gasteiger partial charge on any atom is -0.508 e. The van der Waals surface area contributed by atoms with Gasteiger partial charge in [-0.2, -0.15) is 0 Å². The Morgan fingerprint density at radius 1 is 0.685 bits per heavy atom. The Bertz CT molecular complexity index is 1850. The number of benzene rings is 2. The third-order valence-electron chi connectivity index (χ3n) is 9.57. The number of phenols is 3. The normalized spacial score (nSPS) is 37.3. The Morgan fingerprint density at radius 3 is 2.00 bits per heavy atom. The molecule has 20 heteroatoms. The molecule has 20 nitrogen and oxygen atoms in total. The molecule has 3 aromatic rings. The van der Waals surface area contributed by atoms with Gasteiger partial charge in [0.2, 0.25) is 17.5 Å². The molecule has 0 saturated carbocycles. The fraction of sp³-hybridized carbons (Fsp3) is 0.559. The predicted octanol–water partition coefficient (Wildman–Crippen LogP) is -2.53. The van der Waals surface area contributed by atoms with Crippen molar-refractivity contribution in [3.8, 4) is 40.1 Å². The number of ether oxygens (including phenoxy) is 7. The predicted molar refractivity (Wildman–Crippen MR) is 176 cm³/mol. The Hall–Kier alpha value is -3.87. The summed E-state index contributed by atoms with van der Waals surface area (Å²) in [5.74, 6) is -2.48. The van der Waals surface area contributed by atoms with Gasteiger partial charge in [-0.25, -0.2) is 0 Å². The van der Waals surface area contributed by atoms with Crippen molar-refractivity contribution < 1.29 is 93.7 Å². The van der Waals surface area contributed by atoms with Crippen molar-refractivity contribution in [2.24, 2.45) is 0 Å². The smallest absolute Gasteiger partial charge is 0.239 e. The molecule has 1 aromatic heterocycles. The highest BCUT2D eigenvalue weighted by Crippen LogP contribution is 2.40. The van der Waals surface area contributed by atoms with Crippen LogP contribution in [-0.4, -0.2) is 162 Å². The lowest BCUT2D eigenvalue weighted by Gasteiger charge is -2.46. The van der Waals surface area contributed by atoms with Gasteiger partial charge in [-0.05, 0) is 32.0 Å². The lowest BCUT2D eigenvalue weighted by atomic mass is 9.97. The van der Waals surface area contributed by atoms with Crippen LogP contribution in [0.5, 0.6) is 28.7 Å². The summed E-state index contributed by atoms with van der Waals surface area (Å²) in [6.07, 6.45) is -24.5. The van der Waals surface area contributed by atoms with E-state index in [0.29, 0.717) is 0 Å². The Balaban J connectivity index is 1.28. The van der Waals surface area contributed by atoms with E-state index in [1.165, 1.54) is 39.2 Å². The highest BCUT2D eigenvalue weighted by atomic mass is 16.8. The second kappa shape index (κ2) is 15.7. The Labute approximate surface area is 305 Å². The molecule has 3 fully saturated rings. The number of fused-ring (bicyclic) bond motifs is 1. The summed E-state index contributed by atoms with van der Waals surface area (Å²) in [5.41, 5.74) is -1.22. The molecule has 0 spiro atoms. The van der Waals surface area contributed by atoms with Gasteiger partial charge in [0, 0.05) is 17.7 Å². The van der Waals surface area contributed by atoms with E-state index in [2.05, 4.69) is 0 Å². The monoisotopic (exact) mass is 770 g/mol. The zero-order valence-corrected chi connectivity index (χ0v) is 28.8. The molecule has 3 saturated heterocycles. The van der Waals surface area contributed by atoms with Crippen LogP contribution in [0.25, 0.3) is 22.3 Å². The Morgan fingerprint density at radius 2 is 1.31 bits per heavy atom. The van der Waals surface area contributed by atoms with Crippen LogP contribution in [0, 0.1) is 0 Å². The molecular formula is C34H42O20. The van der Waals surface area contributed by atoms with Crippen molar-refractivity contribution in [3.05, 3.63) is 40.6 Å². The van der Waals surface area contributed by atoms with Crippen LogP contribution in [0.2, 0.25) is 0 Å². The minimum atomic E-state index is -2.02. The van der Waals surface area contributed by atoms with Crippen LogP contribution in [0.4, 0.5) is 0 Å². The van der Waals surface area contributed by atoms with Crippen molar-refractivity contribution >= 4 is 11.0 Å². The standard InChI is InChI=1S/C34H42O20/c1-10-20(38)24(42)27(45)32(49-10)54-31-26(44)21(39)11(2)50-34(31)48-9-18-22(40)25(43)28(46)33(52-18)53-30-23(41)19-15(37)7-13(35)8-17(19)51-29(30)12-4-5-14(36)16(6-12)47-3/h4-8,10-11,18,20-22,24-28,31-40,42-46H,9H2,1-3H3/t10-,11-,18-,20-,21-,22-,24-,25-,26-,27-,28-,31+,32-,33-,34+/m0/s1. The van der Waals surface area contributed by atoms with Crippen LogP contribution >= 0.6 is 0 Å². The van der Waals surface area contributed by atoms with Gasteiger partial charge in [0.05, 0.1) is 25.9 Å². The molecule has 6 rings (SSSR count). The van der Waals surface area contributed by atoms with E-state index in [1.54, 1.807) is 0 Å². The molecule has 0 bridgehead atoms. The van der Waals surface area contributed by atoms with Crippen LogP contribution in [0.3, 0.4) is 0 Å². The molecule has 3 aliphatic heterocycles. The zero-order chi connectivity index (χ0) is 39.3. The molecule has 0 unspecified atom stereocenters. The number of hydrogen-bond donors (Lipinski definition) is 11. The van der Waals surface area contributed by atoms with Gasteiger partial charge >= 0.3 is 0 Å². The first-order valence-corrected chi connectivity index (χ1v) is 16.8. The van der Waals surface area contributed by atoms with Crippen LogP contribution in [0.15, 0.2) is 39.5 Å². The van der Waals surface area contributed by atoms with E-state index in [9.17, 15) is 61.0 Å². The number of hydrogen-bond acceptors (Lipinski definition) is 20. The fourth-order valence-corrected chi connectivity index (χ4v) is 6.40. The summed E-state index contributed by atoms with van der Waals surface area (Å²) in [7, 11) is 1.27. The van der Waals surface area contributed by atoms with Gasteiger partial charge in [-0.15, -0.1) is 0 Å². The third-order valence-corrected chi connectivity index (χ3v) is 9.57. The number of aromatic hydroxyl groups is 3. The van der Waals surface area contributed by atoms with Gasteiger partial charge in [0.15, 0.2) is 29.8 Å². The second-order valence-electron chi connectivity index (χ2n) is 13.3. The lowest BCUT2D eigenvalue weighted by Crippen LogP contribution is -2.64. The molecule has 0 radical (unpaired) electrons. The summed E-state index contributed by atoms with van der Waals surface area (Å²) in [5, 5.41) is 115. The van der Waals surface area contributed by atoms with Gasteiger partial charge in [-0.1, -0.05) is 0 Å². The van der Waals surface area contributed by atoms with Crippen molar-refractivity contribution in [1.29, 1.82) is 0 Å². The maximum Gasteiger partial charge on any atom is 0.239 e. The molecule has 54 heavy (non-hydrogen) atoms. The molecular weight excluding hydrogens is 728 g/mol. The van der Waals surface area contributed by atoms with E-state index in [0.717, 1.165) is 12.1 Å². The largest absolute Gasteiger partial charge is 0.508 e. The SMILES string of the molecule is COc1cc(-c2oc3cc(O)cc(O)c3c(=O)c2O[C@@H]2O[C@@H](CO[C@@H]3O[C@@H](C)[C@H](O)[C@H](O)[C@H]3O[C@@H]3O[C@@H](C)[C@H](O)[C@H](O)[C@@H]3O)[C@H](O)[C@H](O)[C@@H]2O)ccc1O. The highest BCUT2D eigenvalue weighted by Gasteiger charge is 2.51. The molecule has 11 N–H and O–H groups in total. The van der Waals surface area contributed by atoms with E-state index in [1.807, 2.05) is 0 Å². The topological polar surface area (TPSA) is 317 Å². The van der Waals surface area contributed by atoms with E-state index in [4.69, 9.17) is 37.6 Å². The molecule has 0 aliphatic carbocycles. The zero-order valence-electron chi connectivity index (χ0n) is 28.8. The second-order valence-corrected chi connectivity index (χ2v) is 13.3. The number of aliphatic hydroxyl groups excluding tert-OH is 8. The quantitative estimate of drug-likeness (QED) is 0.107. The van der Waals surface area contributed by atoms with Gasteiger partial charge in [0.25, 0.3) is 0 Å². The molecule has 298 valence electrons. The number of rotatable bonds is 9. The molecule has 3 aliphatic rings. The fourth-order valence-electron chi connectivity index (χ4n) is 6.40. The summed E-state index contributed by atoms with van der Waals surface area (Å²) in [6, 6.07) is 5.74. The van der Waals surface area contributed by atoms with Crippen LogP contribution < -0.4 is 14.9 Å². The first-order chi connectivity index (χ1) is 25.5. The van der Waals surface area contributed by atoms with E-state index >= 15 is 0 Å². The molecule has 4 heterocycles. The van der Waals surface area contributed by atoms with Gasteiger partial charge in [0.1, 0.15) is 83.5 Å². The van der Waals surface area contributed by atoms with Crippen molar-refractivity contribution in [1.82, 2.24) is 0 Å². The summed E-state index contributed by atoms with van der Waals surface area (Å²) in [6.45, 7) is 2.11. The first kappa shape index (κ1) is 39.8. The first-order valence-electron chi connectivity index (χ1n) is 16.8. The van der Waals surface area contributed by atoms with Crippen LogP contribution in [0.1, 0.15) is 13.8 Å². The maximum absolute atomic E-state index is 13.9. The van der Waals surface area contributed by atoms with E-state index < -0.39 is 127 Å². The third kappa shape index (κ3) is 7.41. The number of aliphatic hydroxyl groups is 8. The van der Waals surface area contributed by atoms with Gasteiger partial charge in [-0.3, -0.25) is 4.79 Å². The van der Waals surface area contributed by atoms with Crippen LogP contribution in [-0.2, 0) is 23.7 Å². The Kier molecular flexibility index (Phi) is 11.6. The minimum absolute atomic E-state index is 0.0447. The highest BCUT2D eigenvalue weighted by molar-refractivity contribution is 5.88. The number of methoxy groups -OCH3 is 1. The average Bonchev–Trinajstić information content (AvgIpc) is 3.13. The summed E-state index contributed by atoms with van der Waals surface area (Å²) < 4.78 is 45.3. The van der Waals surface area contributed by atoms with Crippen molar-refractivity contribution in [2.75, 3.05) is 13.7 Å². The summed E-state index contributed by atoms with van der Waals surface area (Å²) >= 11 is 0. The molecule has 0 amide bonds. The molecule has 2 aromatic carbocycles. The van der Waals surface area contributed by atoms with Crippen molar-refractivity contribution in [3.63, 3.8) is 0 Å². The molecule has 15 atom stereocenters. The van der Waals surface area contributed by atoms with E-state index in [-0.39, 0.29) is 28.4 Å². The average molecular weight is 771 g/mol. The van der Waals surface area contributed by atoms with Gasteiger partial charge < -0.3 is 93.7 Å². The van der Waals surface area contributed by atoms with Crippen molar-refractivity contribution in [2.45, 2.75) is 106 Å². The maximum atomic E-state index is 13.9. The number of phenolic OH excluding ortho intramolecular Hbond substituents is 3. The summed E-state index contributed by atoms with van der Waals surface area (Å²) in [4.78, 5) is 13.9.